The van der Waals surface area contributed by atoms with Gasteiger partial charge in [-0.2, -0.15) is 0 Å². The summed E-state index contributed by atoms with van der Waals surface area (Å²) in [5.41, 5.74) is 1.40. The van der Waals surface area contributed by atoms with E-state index in [9.17, 15) is 5.11 Å². The largest absolute Gasteiger partial charge is 0.392 e. The maximum absolute atomic E-state index is 9.48. The van der Waals surface area contributed by atoms with Gasteiger partial charge in [-0.25, -0.2) is 0 Å². The molecule has 1 aliphatic heterocycles. The van der Waals surface area contributed by atoms with Crippen LogP contribution in [0.2, 0.25) is 0 Å². The van der Waals surface area contributed by atoms with Crippen LogP contribution < -0.4 is 5.32 Å². The van der Waals surface area contributed by atoms with E-state index in [1.807, 2.05) is 6.07 Å². The minimum atomic E-state index is -0.177. The van der Waals surface area contributed by atoms with Crippen molar-refractivity contribution in [2.24, 2.45) is 0 Å². The lowest BCUT2D eigenvalue weighted by Crippen LogP contribution is -2.38. The number of nitrogens with one attached hydrogen (secondary N) is 1. The van der Waals surface area contributed by atoms with E-state index in [-0.39, 0.29) is 24.0 Å². The highest BCUT2D eigenvalue weighted by Crippen LogP contribution is 2.23. The van der Waals surface area contributed by atoms with Crippen molar-refractivity contribution in [1.82, 2.24) is 5.32 Å². The number of β-amino-alcohol motifs (C(OH)–C–C–N with tert-alkyl or cyclic N) is 1. The van der Waals surface area contributed by atoms with Gasteiger partial charge in [0.05, 0.1) is 6.10 Å². The average molecular weight is 228 g/mol. The molecule has 2 atom stereocenters. The SMILES string of the molecule is CC1(Cc2ccccc2)CC(O)CN1.Cl. The van der Waals surface area contributed by atoms with E-state index in [1.54, 1.807) is 0 Å². The number of hydrogen-bond donors (Lipinski definition) is 2. The minimum absolute atomic E-state index is 0. The molecule has 0 saturated carbocycles. The molecule has 15 heavy (non-hydrogen) atoms. The molecule has 2 N–H and O–H groups in total. The molecule has 0 bridgehead atoms. The Hall–Kier alpha value is -0.570. The van der Waals surface area contributed by atoms with Crippen LogP contribution in [-0.2, 0) is 6.42 Å². The van der Waals surface area contributed by atoms with Crippen LogP contribution in [0.3, 0.4) is 0 Å². The first-order valence-electron chi connectivity index (χ1n) is 5.15. The predicted octanol–water partition coefficient (Wildman–Crippen LogP) is 1.76. The van der Waals surface area contributed by atoms with Crippen LogP contribution in [0.15, 0.2) is 30.3 Å². The van der Waals surface area contributed by atoms with Gasteiger partial charge in [0.25, 0.3) is 0 Å². The molecule has 0 spiro atoms. The van der Waals surface area contributed by atoms with E-state index in [0.717, 1.165) is 19.4 Å². The van der Waals surface area contributed by atoms with Gasteiger partial charge < -0.3 is 10.4 Å². The second kappa shape index (κ2) is 4.97. The summed E-state index contributed by atoms with van der Waals surface area (Å²) in [6, 6.07) is 10.4. The van der Waals surface area contributed by atoms with Gasteiger partial charge >= 0.3 is 0 Å². The Balaban J connectivity index is 0.00000112. The first-order chi connectivity index (χ1) is 6.68. The van der Waals surface area contributed by atoms with Crippen LogP contribution in [0, 0.1) is 0 Å². The Labute approximate surface area is 97.1 Å². The molecule has 2 rings (SSSR count). The standard InChI is InChI=1S/C12H17NO.ClH/c1-12(8-11(14)9-13-12)7-10-5-3-2-4-6-10;/h2-6,11,13-14H,7-9H2,1H3;1H. The number of aliphatic hydroxyl groups excluding tert-OH is 1. The first kappa shape index (κ1) is 12.5. The fourth-order valence-electron chi connectivity index (χ4n) is 2.21. The molecule has 1 saturated heterocycles. The molecule has 1 aromatic carbocycles. The summed E-state index contributed by atoms with van der Waals surface area (Å²) in [6.07, 6.45) is 1.66. The van der Waals surface area contributed by atoms with Crippen LogP contribution >= 0.6 is 12.4 Å². The van der Waals surface area contributed by atoms with Crippen molar-refractivity contribution in [3.05, 3.63) is 35.9 Å². The molecule has 0 aliphatic carbocycles. The van der Waals surface area contributed by atoms with Gasteiger partial charge in [0.1, 0.15) is 0 Å². The molecule has 2 nitrogen and oxygen atoms in total. The van der Waals surface area contributed by atoms with Crippen LogP contribution in [-0.4, -0.2) is 23.3 Å². The molecule has 1 fully saturated rings. The van der Waals surface area contributed by atoms with Crippen LogP contribution in [0.5, 0.6) is 0 Å². The third-order valence-corrected chi connectivity index (χ3v) is 2.89. The van der Waals surface area contributed by atoms with Gasteiger partial charge in [-0.05, 0) is 25.3 Å². The fourth-order valence-corrected chi connectivity index (χ4v) is 2.21. The summed E-state index contributed by atoms with van der Waals surface area (Å²) < 4.78 is 0. The van der Waals surface area contributed by atoms with E-state index in [4.69, 9.17) is 0 Å². The van der Waals surface area contributed by atoms with Crippen molar-refractivity contribution in [1.29, 1.82) is 0 Å². The highest BCUT2D eigenvalue weighted by Gasteiger charge is 2.33. The third-order valence-electron chi connectivity index (χ3n) is 2.89. The zero-order valence-electron chi connectivity index (χ0n) is 8.94. The normalized spacial score (nSPS) is 29.9. The summed E-state index contributed by atoms with van der Waals surface area (Å²) >= 11 is 0. The highest BCUT2D eigenvalue weighted by atomic mass is 35.5. The number of rotatable bonds is 2. The topological polar surface area (TPSA) is 32.3 Å². The maximum atomic E-state index is 9.48. The van der Waals surface area contributed by atoms with Gasteiger partial charge in [-0.3, -0.25) is 0 Å². The lowest BCUT2D eigenvalue weighted by molar-refractivity contribution is 0.186. The van der Waals surface area contributed by atoms with E-state index < -0.39 is 0 Å². The molecule has 3 heteroatoms. The zero-order valence-corrected chi connectivity index (χ0v) is 9.76. The number of aliphatic hydroxyl groups is 1. The van der Waals surface area contributed by atoms with Crippen molar-refractivity contribution in [2.75, 3.05) is 6.54 Å². The number of benzene rings is 1. The molecule has 1 aromatic rings. The summed E-state index contributed by atoms with van der Waals surface area (Å²) in [5, 5.41) is 12.9. The lowest BCUT2D eigenvalue weighted by atomic mass is 9.91. The molecular formula is C12H18ClNO. The minimum Gasteiger partial charge on any atom is -0.392 e. The van der Waals surface area contributed by atoms with Gasteiger partial charge in [0, 0.05) is 12.1 Å². The van der Waals surface area contributed by atoms with Gasteiger partial charge in [-0.15, -0.1) is 12.4 Å². The van der Waals surface area contributed by atoms with E-state index in [2.05, 4.69) is 36.5 Å². The van der Waals surface area contributed by atoms with Crippen LogP contribution in [0.4, 0.5) is 0 Å². The first-order valence-corrected chi connectivity index (χ1v) is 5.15. The summed E-state index contributed by atoms with van der Waals surface area (Å²) in [4.78, 5) is 0. The molecule has 84 valence electrons. The number of hydrogen-bond acceptors (Lipinski definition) is 2. The van der Waals surface area contributed by atoms with Gasteiger partial charge in [0.2, 0.25) is 0 Å². The Morgan fingerprint density at radius 2 is 2.07 bits per heavy atom. The van der Waals surface area contributed by atoms with Crippen molar-refractivity contribution in [3.8, 4) is 0 Å². The van der Waals surface area contributed by atoms with Crippen molar-refractivity contribution in [3.63, 3.8) is 0 Å². The third kappa shape index (κ3) is 3.20. The van der Waals surface area contributed by atoms with Crippen molar-refractivity contribution < 1.29 is 5.11 Å². The monoisotopic (exact) mass is 227 g/mol. The zero-order chi connectivity index (χ0) is 10.0. The Bertz CT molecular complexity index is 304. The molecule has 2 unspecified atom stereocenters. The second-order valence-corrected chi connectivity index (χ2v) is 4.46. The Kier molecular flexibility index (Phi) is 4.14. The smallest absolute Gasteiger partial charge is 0.0682 e. The molecule has 0 radical (unpaired) electrons. The molecule has 1 aliphatic rings. The lowest BCUT2D eigenvalue weighted by Gasteiger charge is -2.24. The van der Waals surface area contributed by atoms with Crippen LogP contribution in [0.1, 0.15) is 18.9 Å². The van der Waals surface area contributed by atoms with Gasteiger partial charge in [0.15, 0.2) is 0 Å². The predicted molar refractivity (Wildman–Crippen MR) is 64.4 cm³/mol. The van der Waals surface area contributed by atoms with Crippen LogP contribution in [0.25, 0.3) is 0 Å². The quantitative estimate of drug-likeness (QED) is 0.807. The highest BCUT2D eigenvalue weighted by molar-refractivity contribution is 5.85. The van der Waals surface area contributed by atoms with Crippen molar-refractivity contribution in [2.45, 2.75) is 31.4 Å². The summed E-state index contributed by atoms with van der Waals surface area (Å²) in [7, 11) is 0. The second-order valence-electron chi connectivity index (χ2n) is 4.46. The van der Waals surface area contributed by atoms with E-state index >= 15 is 0 Å². The Morgan fingerprint density at radius 3 is 2.60 bits per heavy atom. The Morgan fingerprint density at radius 1 is 1.40 bits per heavy atom. The van der Waals surface area contributed by atoms with Crippen molar-refractivity contribution >= 4 is 12.4 Å². The summed E-state index contributed by atoms with van der Waals surface area (Å²) in [6.45, 7) is 2.90. The maximum Gasteiger partial charge on any atom is 0.0682 e. The molecule has 1 heterocycles. The number of halogens is 1. The molecular weight excluding hydrogens is 210 g/mol. The fraction of sp³-hybridized carbons (Fsp3) is 0.500. The van der Waals surface area contributed by atoms with E-state index in [1.165, 1.54) is 5.56 Å². The van der Waals surface area contributed by atoms with E-state index in [0.29, 0.717) is 0 Å². The molecule has 0 amide bonds. The average Bonchev–Trinajstić information content (AvgIpc) is 2.47. The summed E-state index contributed by atoms with van der Waals surface area (Å²) in [5.74, 6) is 0. The van der Waals surface area contributed by atoms with Gasteiger partial charge in [-0.1, -0.05) is 30.3 Å². The molecule has 0 aromatic heterocycles.